The van der Waals surface area contributed by atoms with Crippen molar-refractivity contribution in [2.75, 3.05) is 13.2 Å². The Morgan fingerprint density at radius 2 is 1.80 bits per heavy atom. The Balaban J connectivity index is 1.91. The van der Waals surface area contributed by atoms with Gasteiger partial charge in [0.25, 0.3) is 10.0 Å². The van der Waals surface area contributed by atoms with E-state index in [9.17, 15) is 13.2 Å². The Kier molecular flexibility index (Phi) is 8.10. The number of ether oxygens (including phenoxy) is 2. The lowest BCUT2D eigenvalue weighted by Crippen LogP contribution is -2.42. The van der Waals surface area contributed by atoms with E-state index in [1.165, 1.54) is 0 Å². The summed E-state index contributed by atoms with van der Waals surface area (Å²) in [6, 6.07) is 9.52. The van der Waals surface area contributed by atoms with Crippen LogP contribution in [0.4, 0.5) is 0 Å². The molecule has 2 aromatic carbocycles. The number of hydrogen-bond donors (Lipinski definition) is 2. The average molecular weight is 502 g/mol. The van der Waals surface area contributed by atoms with Crippen LogP contribution in [0.1, 0.15) is 55.0 Å². The molecule has 0 fully saturated rings. The van der Waals surface area contributed by atoms with Crippen molar-refractivity contribution in [1.82, 2.24) is 10.0 Å². The van der Waals surface area contributed by atoms with E-state index in [1.54, 1.807) is 13.8 Å². The maximum absolute atomic E-state index is 13.6. The van der Waals surface area contributed by atoms with Gasteiger partial charge >= 0.3 is 5.97 Å². The second kappa shape index (κ2) is 10.7. The minimum Gasteiger partial charge on any atom is -0.487 e. The Bertz CT molecular complexity index is 1220. The lowest BCUT2D eigenvalue weighted by atomic mass is 9.94. The number of benzene rings is 2. The zero-order valence-corrected chi connectivity index (χ0v) is 22.1. The molecule has 190 valence electrons. The zero-order valence-electron chi connectivity index (χ0n) is 21.3. The lowest BCUT2D eigenvalue weighted by Gasteiger charge is -2.20. The van der Waals surface area contributed by atoms with Crippen molar-refractivity contribution in [1.29, 1.82) is 0 Å². The first-order chi connectivity index (χ1) is 16.4. The van der Waals surface area contributed by atoms with Crippen molar-refractivity contribution in [2.45, 2.75) is 71.4 Å². The van der Waals surface area contributed by atoms with Crippen LogP contribution in [-0.4, -0.2) is 39.1 Å². The van der Waals surface area contributed by atoms with E-state index in [4.69, 9.17) is 9.47 Å². The summed E-state index contributed by atoms with van der Waals surface area (Å²) in [7, 11) is -3.98. The van der Waals surface area contributed by atoms with Gasteiger partial charge < -0.3 is 14.8 Å². The summed E-state index contributed by atoms with van der Waals surface area (Å²) in [6.45, 7) is 12.0. The number of guanidine groups is 1. The fourth-order valence-corrected chi connectivity index (χ4v) is 5.80. The number of esters is 1. The van der Waals surface area contributed by atoms with Gasteiger partial charge in [-0.2, -0.15) is 0 Å². The Morgan fingerprint density at radius 1 is 1.11 bits per heavy atom. The van der Waals surface area contributed by atoms with Gasteiger partial charge in [-0.3, -0.25) is 4.79 Å². The van der Waals surface area contributed by atoms with E-state index < -0.39 is 15.6 Å². The first kappa shape index (κ1) is 26.5. The van der Waals surface area contributed by atoms with Crippen LogP contribution < -0.4 is 14.8 Å². The van der Waals surface area contributed by atoms with Crippen LogP contribution in [0.5, 0.6) is 5.75 Å². The van der Waals surface area contributed by atoms with Crippen LogP contribution in [0.3, 0.4) is 0 Å². The summed E-state index contributed by atoms with van der Waals surface area (Å²) in [5.41, 5.74) is 3.58. The van der Waals surface area contributed by atoms with Crippen LogP contribution in [0, 0.1) is 20.8 Å². The molecular formula is C26H35N3O5S. The maximum atomic E-state index is 13.6. The molecule has 0 saturated heterocycles. The van der Waals surface area contributed by atoms with Crippen LogP contribution in [-0.2, 0) is 32.5 Å². The highest BCUT2D eigenvalue weighted by atomic mass is 32.2. The van der Waals surface area contributed by atoms with Crippen molar-refractivity contribution in [3.8, 4) is 5.75 Å². The molecule has 0 atom stereocenters. The highest BCUT2D eigenvalue weighted by molar-refractivity contribution is 7.90. The first-order valence-electron chi connectivity index (χ1n) is 11.8. The van der Waals surface area contributed by atoms with E-state index in [0.717, 1.165) is 22.4 Å². The summed E-state index contributed by atoms with van der Waals surface area (Å²) < 4.78 is 41.0. The van der Waals surface area contributed by atoms with Crippen LogP contribution in [0.2, 0.25) is 0 Å². The third kappa shape index (κ3) is 6.33. The van der Waals surface area contributed by atoms with Gasteiger partial charge in [0.15, 0.2) is 0 Å². The fraction of sp³-hybridized carbons (Fsp3) is 0.462. The van der Waals surface area contributed by atoms with E-state index in [0.29, 0.717) is 17.5 Å². The smallest absolute Gasteiger partial charge is 0.307 e. The molecule has 2 N–H and O–H groups in total. The maximum Gasteiger partial charge on any atom is 0.307 e. The van der Waals surface area contributed by atoms with Gasteiger partial charge in [-0.05, 0) is 63.8 Å². The molecule has 0 aromatic heterocycles. The number of rotatable bonds is 8. The predicted molar refractivity (Wildman–Crippen MR) is 136 cm³/mol. The van der Waals surface area contributed by atoms with Gasteiger partial charge in [0.1, 0.15) is 11.4 Å². The number of carbonyl (C=O) groups excluding carboxylic acids is 1. The van der Waals surface area contributed by atoms with E-state index >= 15 is 0 Å². The topological polar surface area (TPSA) is 106 Å². The molecule has 1 heterocycles. The third-order valence-electron chi connectivity index (χ3n) is 5.98. The van der Waals surface area contributed by atoms with Crippen LogP contribution in [0.25, 0.3) is 0 Å². The largest absolute Gasteiger partial charge is 0.487 e. The number of fused-ring (bicyclic) bond motifs is 1. The van der Waals surface area contributed by atoms with Gasteiger partial charge in [0.05, 0.1) is 24.5 Å². The van der Waals surface area contributed by atoms with Gasteiger partial charge in [-0.25, -0.2) is 18.1 Å². The second-order valence-corrected chi connectivity index (χ2v) is 10.9. The minimum absolute atomic E-state index is 0.0756. The standard InChI is InChI=1S/C26H35N3O5S/c1-7-33-22(30)13-14-27-25(28-16-20-11-9-8-10-12-20)29-35(31,32)24-18(3)17(2)23-21(19(24)4)15-26(5,6)34-23/h8-12H,7,13-16H2,1-6H3,(H2,27,28,29). The van der Waals surface area contributed by atoms with E-state index in [-0.39, 0.29) is 42.9 Å². The molecule has 0 radical (unpaired) electrons. The van der Waals surface area contributed by atoms with Gasteiger partial charge in [-0.15, -0.1) is 0 Å². The lowest BCUT2D eigenvalue weighted by molar-refractivity contribution is -0.142. The Morgan fingerprint density at radius 3 is 2.46 bits per heavy atom. The Labute approximate surface area is 208 Å². The van der Waals surface area contributed by atoms with Gasteiger partial charge in [0, 0.05) is 18.5 Å². The molecule has 0 aliphatic carbocycles. The number of carbonyl (C=O) groups is 1. The molecule has 35 heavy (non-hydrogen) atoms. The number of nitrogens with zero attached hydrogens (tertiary/aromatic N) is 1. The normalized spacial score (nSPS) is 14.7. The van der Waals surface area contributed by atoms with E-state index in [2.05, 4.69) is 15.0 Å². The number of sulfonamides is 1. The molecular weight excluding hydrogens is 466 g/mol. The van der Waals surface area contributed by atoms with Crippen molar-refractivity contribution >= 4 is 22.0 Å². The van der Waals surface area contributed by atoms with E-state index in [1.807, 2.05) is 58.0 Å². The number of aliphatic imine (C=N–C) groups is 1. The number of nitrogens with one attached hydrogen (secondary N) is 2. The molecule has 9 heteroatoms. The van der Waals surface area contributed by atoms with Crippen molar-refractivity contribution < 1.29 is 22.7 Å². The van der Waals surface area contributed by atoms with Crippen LogP contribution in [0.15, 0.2) is 40.2 Å². The molecule has 8 nitrogen and oxygen atoms in total. The average Bonchev–Trinajstić information content (AvgIpc) is 3.12. The Hall–Kier alpha value is -3.07. The molecule has 2 aromatic rings. The summed E-state index contributed by atoms with van der Waals surface area (Å²) in [6.07, 6.45) is 0.715. The summed E-state index contributed by atoms with van der Waals surface area (Å²) in [5.74, 6) is 0.481. The SMILES string of the molecule is CCOC(=O)CCNC(=NCc1ccccc1)NS(=O)(=O)c1c(C)c(C)c2c(c1C)CC(C)(C)O2. The molecule has 0 unspecified atom stereocenters. The third-order valence-corrected chi connectivity index (χ3v) is 7.59. The number of hydrogen-bond acceptors (Lipinski definition) is 6. The molecule has 1 aliphatic rings. The van der Waals surface area contributed by atoms with Crippen molar-refractivity contribution in [3.05, 3.63) is 58.1 Å². The molecule has 0 bridgehead atoms. The monoisotopic (exact) mass is 501 g/mol. The highest BCUT2D eigenvalue weighted by Gasteiger charge is 2.36. The molecule has 1 aliphatic heterocycles. The predicted octanol–water partition coefficient (Wildman–Crippen LogP) is 3.70. The van der Waals surface area contributed by atoms with Gasteiger partial charge in [0.2, 0.25) is 5.96 Å². The molecule has 0 saturated carbocycles. The summed E-state index contributed by atoms with van der Waals surface area (Å²) in [4.78, 5) is 16.4. The minimum atomic E-state index is -3.98. The summed E-state index contributed by atoms with van der Waals surface area (Å²) in [5, 5.41) is 2.96. The van der Waals surface area contributed by atoms with Crippen LogP contribution >= 0.6 is 0 Å². The zero-order chi connectivity index (χ0) is 25.8. The molecule has 3 rings (SSSR count). The van der Waals surface area contributed by atoms with Crippen molar-refractivity contribution in [3.63, 3.8) is 0 Å². The summed E-state index contributed by atoms with van der Waals surface area (Å²) >= 11 is 0. The molecule has 0 amide bonds. The quantitative estimate of drug-likeness (QED) is 0.325. The molecule has 0 spiro atoms. The second-order valence-electron chi connectivity index (χ2n) is 9.29. The highest BCUT2D eigenvalue weighted by Crippen LogP contribution is 2.43. The fourth-order valence-electron chi connectivity index (χ4n) is 4.22. The van der Waals surface area contributed by atoms with Gasteiger partial charge in [-0.1, -0.05) is 30.3 Å². The first-order valence-corrected chi connectivity index (χ1v) is 13.3. The van der Waals surface area contributed by atoms with Crippen molar-refractivity contribution in [2.24, 2.45) is 4.99 Å².